The first kappa shape index (κ1) is 11.6. The molecule has 2 N–H and O–H groups in total. The summed E-state index contributed by atoms with van der Waals surface area (Å²) in [6.07, 6.45) is -0.475. The van der Waals surface area contributed by atoms with Crippen molar-refractivity contribution in [1.29, 1.82) is 0 Å². The minimum atomic E-state index is -1.75. The molecule has 0 saturated heterocycles. The number of aliphatic hydroxyl groups excluding tert-OH is 1. The van der Waals surface area contributed by atoms with Gasteiger partial charge in [-0.1, -0.05) is 6.07 Å². The maximum atomic E-state index is 12.9. The number of aromatic nitrogens is 3. The van der Waals surface area contributed by atoms with Crippen LogP contribution in [0.5, 0.6) is 0 Å². The van der Waals surface area contributed by atoms with E-state index in [-0.39, 0.29) is 12.4 Å². The van der Waals surface area contributed by atoms with Gasteiger partial charge in [0.25, 0.3) is 0 Å². The van der Waals surface area contributed by atoms with E-state index in [0.29, 0.717) is 5.56 Å². The van der Waals surface area contributed by atoms with Crippen molar-refractivity contribution in [3.05, 3.63) is 47.5 Å². The topological polar surface area (TPSA) is 71.2 Å². The fraction of sp³-hybridized carbons (Fsp3) is 0.200. The van der Waals surface area contributed by atoms with Crippen LogP contribution in [-0.2, 0) is 6.54 Å². The minimum absolute atomic E-state index is 0.146. The Morgan fingerprint density at radius 1 is 1.24 bits per heavy atom. The second-order valence-corrected chi connectivity index (χ2v) is 3.42. The van der Waals surface area contributed by atoms with E-state index in [1.807, 2.05) is 0 Å². The highest BCUT2D eigenvalue weighted by molar-refractivity contribution is 5.17. The van der Waals surface area contributed by atoms with Crippen LogP contribution in [0.2, 0.25) is 0 Å². The van der Waals surface area contributed by atoms with Crippen LogP contribution in [0.15, 0.2) is 24.5 Å². The summed E-state index contributed by atoms with van der Waals surface area (Å²) in [5.41, 5.74) is 0.493. The van der Waals surface area contributed by atoms with Crippen LogP contribution < -0.4 is 0 Å². The Bertz CT molecular complexity index is 528. The van der Waals surface area contributed by atoms with Crippen molar-refractivity contribution in [2.24, 2.45) is 0 Å². The number of rotatable bonds is 3. The number of halogens is 2. The molecule has 90 valence electrons. The summed E-state index contributed by atoms with van der Waals surface area (Å²) in [5.74, 6) is -2.00. The molecule has 0 aliphatic carbocycles. The SMILES string of the molecule is OC(O)c1ncn(Cc2ccc(F)c(F)c2)n1. The first-order valence-electron chi connectivity index (χ1n) is 4.75. The summed E-state index contributed by atoms with van der Waals surface area (Å²) in [6.45, 7) is 0.164. The highest BCUT2D eigenvalue weighted by atomic mass is 19.2. The van der Waals surface area contributed by atoms with Crippen LogP contribution in [0.25, 0.3) is 0 Å². The normalized spacial score (nSPS) is 11.1. The zero-order valence-electron chi connectivity index (χ0n) is 8.59. The third-order valence-electron chi connectivity index (χ3n) is 2.11. The van der Waals surface area contributed by atoms with Gasteiger partial charge >= 0.3 is 0 Å². The molecule has 7 heteroatoms. The quantitative estimate of drug-likeness (QED) is 0.771. The maximum Gasteiger partial charge on any atom is 0.216 e. The molecule has 17 heavy (non-hydrogen) atoms. The smallest absolute Gasteiger partial charge is 0.216 e. The average molecular weight is 241 g/mol. The van der Waals surface area contributed by atoms with E-state index in [2.05, 4.69) is 10.1 Å². The number of hydrogen-bond acceptors (Lipinski definition) is 4. The van der Waals surface area contributed by atoms with E-state index >= 15 is 0 Å². The van der Waals surface area contributed by atoms with Crippen LogP contribution in [0.4, 0.5) is 8.78 Å². The van der Waals surface area contributed by atoms with Gasteiger partial charge in [-0.05, 0) is 17.7 Å². The van der Waals surface area contributed by atoms with Crippen molar-refractivity contribution in [3.63, 3.8) is 0 Å². The molecule has 0 aliphatic heterocycles. The summed E-state index contributed by atoms with van der Waals surface area (Å²) in [6, 6.07) is 3.48. The van der Waals surface area contributed by atoms with Crippen molar-refractivity contribution in [3.8, 4) is 0 Å². The average Bonchev–Trinajstić information content (AvgIpc) is 2.72. The Balaban J connectivity index is 2.16. The zero-order chi connectivity index (χ0) is 12.4. The second-order valence-electron chi connectivity index (χ2n) is 3.42. The molecule has 0 fully saturated rings. The molecule has 1 aromatic carbocycles. The second kappa shape index (κ2) is 4.56. The van der Waals surface area contributed by atoms with Gasteiger partial charge in [0.15, 0.2) is 11.6 Å². The summed E-state index contributed by atoms with van der Waals surface area (Å²) < 4.78 is 26.9. The van der Waals surface area contributed by atoms with Crippen molar-refractivity contribution in [1.82, 2.24) is 14.8 Å². The number of aliphatic hydroxyl groups is 2. The lowest BCUT2D eigenvalue weighted by atomic mass is 10.2. The molecular formula is C10H9F2N3O2. The molecule has 1 aromatic heterocycles. The van der Waals surface area contributed by atoms with Gasteiger partial charge in [0, 0.05) is 0 Å². The monoisotopic (exact) mass is 241 g/mol. The van der Waals surface area contributed by atoms with Gasteiger partial charge < -0.3 is 10.2 Å². The van der Waals surface area contributed by atoms with Crippen LogP contribution in [0, 0.1) is 11.6 Å². The van der Waals surface area contributed by atoms with Gasteiger partial charge in [-0.2, -0.15) is 5.10 Å². The largest absolute Gasteiger partial charge is 0.362 e. The Hall–Kier alpha value is -1.86. The predicted octanol–water partition coefficient (Wildman–Crippen LogP) is 0.588. The fourth-order valence-corrected chi connectivity index (χ4v) is 1.33. The molecule has 2 rings (SSSR count). The Kier molecular flexibility index (Phi) is 3.12. The van der Waals surface area contributed by atoms with Crippen molar-refractivity contribution < 1.29 is 19.0 Å². The van der Waals surface area contributed by atoms with Gasteiger partial charge in [0.1, 0.15) is 6.33 Å². The van der Waals surface area contributed by atoms with E-state index in [1.165, 1.54) is 17.1 Å². The van der Waals surface area contributed by atoms with Crippen LogP contribution in [0.1, 0.15) is 17.7 Å². The molecule has 0 spiro atoms. The standard InChI is InChI=1S/C10H9F2N3O2/c11-7-2-1-6(3-8(7)12)4-15-5-13-9(14-15)10(16)17/h1-3,5,10,16-17H,4H2. The number of benzene rings is 1. The zero-order valence-corrected chi connectivity index (χ0v) is 8.59. The van der Waals surface area contributed by atoms with E-state index in [9.17, 15) is 8.78 Å². The molecule has 0 radical (unpaired) electrons. The van der Waals surface area contributed by atoms with Crippen LogP contribution in [-0.4, -0.2) is 25.0 Å². The highest BCUT2D eigenvalue weighted by Gasteiger charge is 2.09. The summed E-state index contributed by atoms with van der Waals surface area (Å²) in [7, 11) is 0. The number of hydrogen-bond donors (Lipinski definition) is 2. The molecular weight excluding hydrogens is 232 g/mol. The molecule has 0 unspecified atom stereocenters. The molecule has 0 amide bonds. The minimum Gasteiger partial charge on any atom is -0.362 e. The molecule has 0 bridgehead atoms. The first-order valence-corrected chi connectivity index (χ1v) is 4.75. The van der Waals surface area contributed by atoms with Gasteiger partial charge in [0.2, 0.25) is 12.1 Å². The summed E-state index contributed by atoms with van der Waals surface area (Å²) in [4.78, 5) is 3.64. The fourth-order valence-electron chi connectivity index (χ4n) is 1.33. The lowest BCUT2D eigenvalue weighted by Crippen LogP contribution is -2.04. The van der Waals surface area contributed by atoms with Gasteiger partial charge in [-0.25, -0.2) is 18.4 Å². The van der Waals surface area contributed by atoms with E-state index in [0.717, 1.165) is 12.1 Å². The third kappa shape index (κ3) is 2.63. The van der Waals surface area contributed by atoms with Gasteiger partial charge in [-0.3, -0.25) is 0 Å². The summed E-state index contributed by atoms with van der Waals surface area (Å²) >= 11 is 0. The Morgan fingerprint density at radius 3 is 2.59 bits per heavy atom. The lowest BCUT2D eigenvalue weighted by Gasteiger charge is -2.02. The molecule has 2 aromatic rings. The summed E-state index contributed by atoms with van der Waals surface area (Å²) in [5, 5.41) is 21.3. The Labute approximate surface area is 95.0 Å². The van der Waals surface area contributed by atoms with E-state index in [1.54, 1.807) is 0 Å². The van der Waals surface area contributed by atoms with Crippen LogP contribution >= 0.6 is 0 Å². The number of nitrogens with zero attached hydrogens (tertiary/aromatic N) is 3. The van der Waals surface area contributed by atoms with E-state index < -0.39 is 17.9 Å². The van der Waals surface area contributed by atoms with Crippen molar-refractivity contribution >= 4 is 0 Å². The molecule has 0 saturated carbocycles. The Morgan fingerprint density at radius 2 is 2.00 bits per heavy atom. The molecule has 0 aliphatic rings. The first-order chi connectivity index (χ1) is 8.06. The van der Waals surface area contributed by atoms with Crippen LogP contribution in [0.3, 0.4) is 0 Å². The van der Waals surface area contributed by atoms with E-state index in [4.69, 9.17) is 10.2 Å². The van der Waals surface area contributed by atoms with Crippen molar-refractivity contribution in [2.75, 3.05) is 0 Å². The van der Waals surface area contributed by atoms with Gasteiger partial charge in [0.05, 0.1) is 6.54 Å². The lowest BCUT2D eigenvalue weighted by molar-refractivity contribution is -0.0494. The molecule has 5 nitrogen and oxygen atoms in total. The molecule has 0 atom stereocenters. The maximum absolute atomic E-state index is 12.9. The molecule has 1 heterocycles. The predicted molar refractivity (Wildman–Crippen MR) is 52.7 cm³/mol. The highest BCUT2D eigenvalue weighted by Crippen LogP contribution is 2.10. The van der Waals surface area contributed by atoms with Gasteiger partial charge in [-0.15, -0.1) is 0 Å². The third-order valence-corrected chi connectivity index (χ3v) is 2.11. The van der Waals surface area contributed by atoms with Crippen molar-refractivity contribution in [2.45, 2.75) is 12.8 Å².